The number of rotatable bonds is 0. The lowest BCUT2D eigenvalue weighted by Crippen LogP contribution is -2.62. The van der Waals surface area contributed by atoms with Gasteiger partial charge in [-0.15, -0.1) is 0 Å². The van der Waals surface area contributed by atoms with Crippen molar-refractivity contribution >= 4 is 16.7 Å². The molecule has 9 nitrogen and oxygen atoms in total. The first-order valence-corrected chi connectivity index (χ1v) is 12.9. The predicted octanol–water partition coefficient (Wildman–Crippen LogP) is 1.76. The van der Waals surface area contributed by atoms with Gasteiger partial charge in [-0.25, -0.2) is 0 Å². The number of piperazine rings is 1. The topological polar surface area (TPSA) is 84.9 Å². The quantitative estimate of drug-likeness (QED) is 0.624. The summed E-state index contributed by atoms with van der Waals surface area (Å²) in [6, 6.07) is 2.88. The van der Waals surface area contributed by atoms with Gasteiger partial charge in [0, 0.05) is 51.3 Å². The van der Waals surface area contributed by atoms with E-state index >= 15 is 0 Å². The van der Waals surface area contributed by atoms with Crippen molar-refractivity contribution < 1.29 is 14.2 Å². The number of hydrogen-bond donors (Lipinski definition) is 1. The molecule has 0 saturated carbocycles. The van der Waals surface area contributed by atoms with Gasteiger partial charge in [-0.2, -0.15) is 9.97 Å². The maximum Gasteiger partial charge on any atom is 0.319 e. The molecular formula is C25H34N6O3. The third kappa shape index (κ3) is 3.64. The van der Waals surface area contributed by atoms with Crippen LogP contribution in [0.2, 0.25) is 0 Å². The van der Waals surface area contributed by atoms with Gasteiger partial charge in [-0.1, -0.05) is 0 Å². The molecule has 34 heavy (non-hydrogen) atoms. The Bertz CT molecular complexity index is 1070. The molecule has 4 saturated heterocycles. The van der Waals surface area contributed by atoms with Crippen LogP contribution < -0.4 is 15.0 Å². The van der Waals surface area contributed by atoms with Gasteiger partial charge in [0.05, 0.1) is 34.7 Å². The number of nitrogens with zero attached hydrogens (tertiary/aromatic N) is 5. The van der Waals surface area contributed by atoms with E-state index in [1.165, 1.54) is 6.42 Å². The molecule has 4 fully saturated rings. The molecular weight excluding hydrogens is 432 g/mol. The Kier molecular flexibility index (Phi) is 5.16. The summed E-state index contributed by atoms with van der Waals surface area (Å²) in [5.74, 6) is 0.934. The van der Waals surface area contributed by atoms with Crippen LogP contribution in [0.15, 0.2) is 18.5 Å². The second-order valence-corrected chi connectivity index (χ2v) is 10.9. The minimum atomic E-state index is -0.0411. The molecule has 0 radical (unpaired) electrons. The van der Waals surface area contributed by atoms with E-state index in [2.05, 4.69) is 20.1 Å². The average Bonchev–Trinajstić information content (AvgIpc) is 3.49. The molecule has 2 spiro atoms. The highest BCUT2D eigenvalue weighted by molar-refractivity contribution is 5.89. The molecule has 2 aromatic heterocycles. The minimum absolute atomic E-state index is 0.0318. The fraction of sp³-hybridized carbons (Fsp3) is 0.720. The van der Waals surface area contributed by atoms with Gasteiger partial charge in [0.25, 0.3) is 0 Å². The van der Waals surface area contributed by atoms with Crippen LogP contribution in [0.5, 0.6) is 6.01 Å². The van der Waals surface area contributed by atoms with Crippen molar-refractivity contribution in [3.8, 4) is 6.01 Å². The average molecular weight is 467 g/mol. The van der Waals surface area contributed by atoms with Gasteiger partial charge in [-0.3, -0.25) is 9.88 Å². The molecule has 1 N–H and O–H groups in total. The number of fused-ring (bicyclic) bond motifs is 8. The van der Waals surface area contributed by atoms with Crippen molar-refractivity contribution in [2.75, 3.05) is 57.5 Å². The largest absolute Gasteiger partial charge is 0.461 e. The van der Waals surface area contributed by atoms with E-state index in [4.69, 9.17) is 24.2 Å². The summed E-state index contributed by atoms with van der Waals surface area (Å²) in [6.07, 6.45) is 10.5. The lowest BCUT2D eigenvalue weighted by atomic mass is 9.94. The van der Waals surface area contributed by atoms with E-state index in [9.17, 15) is 0 Å². The molecule has 0 aromatic carbocycles. The van der Waals surface area contributed by atoms with E-state index in [1.807, 2.05) is 12.3 Å². The zero-order valence-electron chi connectivity index (χ0n) is 19.7. The number of nitrogens with one attached hydrogen (secondary N) is 1. The van der Waals surface area contributed by atoms with E-state index in [-0.39, 0.29) is 17.2 Å². The van der Waals surface area contributed by atoms with Gasteiger partial charge < -0.3 is 24.4 Å². The third-order valence-electron chi connectivity index (χ3n) is 8.58. The Hall–Kier alpha value is -2.07. The van der Waals surface area contributed by atoms with Gasteiger partial charge in [0.2, 0.25) is 0 Å². The van der Waals surface area contributed by atoms with E-state index < -0.39 is 0 Å². The molecule has 9 heteroatoms. The van der Waals surface area contributed by atoms with Crippen LogP contribution in [0.25, 0.3) is 10.9 Å². The van der Waals surface area contributed by atoms with Crippen molar-refractivity contribution in [1.29, 1.82) is 0 Å². The Morgan fingerprint density at radius 1 is 1.09 bits per heavy atom. The molecule has 7 rings (SSSR count). The third-order valence-corrected chi connectivity index (χ3v) is 8.58. The van der Waals surface area contributed by atoms with Gasteiger partial charge >= 0.3 is 6.01 Å². The Balaban J connectivity index is 1.25. The van der Waals surface area contributed by atoms with Crippen molar-refractivity contribution in [2.24, 2.45) is 0 Å². The normalized spacial score (nSPS) is 36.3. The summed E-state index contributed by atoms with van der Waals surface area (Å²) in [6.45, 7) is 6.71. The number of aromatic nitrogens is 3. The van der Waals surface area contributed by atoms with Gasteiger partial charge in [0.15, 0.2) is 0 Å². The number of pyridine rings is 1. The first-order valence-electron chi connectivity index (χ1n) is 12.9. The molecule has 7 heterocycles. The molecule has 5 aliphatic heterocycles. The monoisotopic (exact) mass is 466 g/mol. The zero-order valence-corrected chi connectivity index (χ0v) is 19.7. The van der Waals surface area contributed by atoms with E-state index in [0.29, 0.717) is 25.3 Å². The molecule has 4 unspecified atom stereocenters. The molecule has 7 bridgehead atoms. The number of hydrogen-bond acceptors (Lipinski definition) is 9. The van der Waals surface area contributed by atoms with Crippen LogP contribution in [0.4, 0.5) is 5.82 Å². The fourth-order valence-electron chi connectivity index (χ4n) is 7.00. The summed E-state index contributed by atoms with van der Waals surface area (Å²) in [7, 11) is 0. The highest BCUT2D eigenvalue weighted by Gasteiger charge is 2.50. The summed E-state index contributed by atoms with van der Waals surface area (Å²) in [5.41, 5.74) is 0.877. The summed E-state index contributed by atoms with van der Waals surface area (Å²) in [4.78, 5) is 19.1. The van der Waals surface area contributed by atoms with E-state index in [0.717, 1.165) is 88.2 Å². The Labute approximate surface area is 200 Å². The molecule has 182 valence electrons. The maximum absolute atomic E-state index is 6.41. The highest BCUT2D eigenvalue weighted by Crippen LogP contribution is 2.41. The van der Waals surface area contributed by atoms with Crippen molar-refractivity contribution in [3.63, 3.8) is 0 Å². The van der Waals surface area contributed by atoms with Crippen molar-refractivity contribution in [3.05, 3.63) is 18.5 Å². The Morgan fingerprint density at radius 3 is 3.09 bits per heavy atom. The van der Waals surface area contributed by atoms with Crippen LogP contribution >= 0.6 is 0 Å². The standard InChI is InChI=1S/C25H34N6O3/c1-5-25-11-19(14-31(25)8-1)33-10-2-9-32-16-24-6-3-18(29-24)13-30(15-24)22-20-12-26-7-4-21(20)27-23(28-22)34-17-25/h4,7,12,18-19,29H,1-3,5-6,8-11,13-17H2. The Morgan fingerprint density at radius 2 is 2.09 bits per heavy atom. The smallest absolute Gasteiger partial charge is 0.319 e. The first kappa shape index (κ1) is 21.2. The van der Waals surface area contributed by atoms with Crippen LogP contribution in [-0.4, -0.2) is 95.7 Å². The highest BCUT2D eigenvalue weighted by atomic mass is 16.5. The lowest BCUT2D eigenvalue weighted by molar-refractivity contribution is 0.0239. The van der Waals surface area contributed by atoms with Crippen LogP contribution in [0, 0.1) is 0 Å². The minimum Gasteiger partial charge on any atom is -0.461 e. The van der Waals surface area contributed by atoms with Crippen LogP contribution in [-0.2, 0) is 9.47 Å². The molecule has 4 atom stereocenters. The molecule has 0 amide bonds. The summed E-state index contributed by atoms with van der Waals surface area (Å²) in [5, 5.41) is 4.84. The second-order valence-electron chi connectivity index (χ2n) is 10.9. The van der Waals surface area contributed by atoms with E-state index in [1.54, 1.807) is 6.20 Å². The van der Waals surface area contributed by atoms with Crippen LogP contribution in [0.1, 0.15) is 38.5 Å². The number of anilines is 1. The maximum atomic E-state index is 6.41. The predicted molar refractivity (Wildman–Crippen MR) is 127 cm³/mol. The fourth-order valence-corrected chi connectivity index (χ4v) is 7.00. The van der Waals surface area contributed by atoms with Crippen molar-refractivity contribution in [2.45, 2.75) is 61.7 Å². The second kappa shape index (κ2) is 8.26. The first-order chi connectivity index (χ1) is 16.7. The SMILES string of the molecule is c1cc2nc3nc(c2cn1)N1CC2CCC(COCCCOC4CN5CCCC5(CO3)C4)(C1)N2. The van der Waals surface area contributed by atoms with Gasteiger partial charge in [0.1, 0.15) is 12.4 Å². The zero-order chi connectivity index (χ0) is 22.6. The van der Waals surface area contributed by atoms with Crippen LogP contribution in [0.3, 0.4) is 0 Å². The lowest BCUT2D eigenvalue weighted by Gasteiger charge is -2.42. The number of ether oxygens (including phenoxy) is 3. The molecule has 0 aliphatic carbocycles. The van der Waals surface area contributed by atoms with Gasteiger partial charge in [-0.05, 0) is 51.1 Å². The summed E-state index contributed by atoms with van der Waals surface area (Å²) < 4.78 is 18.9. The molecule has 5 aliphatic rings. The molecule has 2 aromatic rings. The van der Waals surface area contributed by atoms with Crippen molar-refractivity contribution in [1.82, 2.24) is 25.2 Å². The summed E-state index contributed by atoms with van der Waals surface area (Å²) >= 11 is 0.